The quantitative estimate of drug-likeness (QED) is 0.694. The zero-order chi connectivity index (χ0) is 20.6. The number of likely N-dealkylation sites (tertiary alicyclic amines) is 1. The lowest BCUT2D eigenvalue weighted by Crippen LogP contribution is -2.45. The van der Waals surface area contributed by atoms with Gasteiger partial charge in [-0.1, -0.05) is 74.5 Å². The molecule has 154 valence electrons. The normalized spacial score (nSPS) is 17.8. The van der Waals surface area contributed by atoms with Crippen LogP contribution in [0.3, 0.4) is 0 Å². The first-order valence-electron chi connectivity index (χ1n) is 10.3. The van der Waals surface area contributed by atoms with Crippen molar-refractivity contribution in [1.29, 1.82) is 0 Å². The molecule has 1 amide bonds. The van der Waals surface area contributed by atoms with Crippen molar-refractivity contribution in [2.75, 3.05) is 13.1 Å². The molecule has 1 heterocycles. The maximum Gasteiger partial charge on any atom is 0.320 e. The summed E-state index contributed by atoms with van der Waals surface area (Å²) < 4.78 is 5.80. The third-order valence-electron chi connectivity index (χ3n) is 5.30. The van der Waals surface area contributed by atoms with E-state index in [1.54, 1.807) is 0 Å². The Labute approximate surface area is 173 Å². The van der Waals surface area contributed by atoms with Crippen molar-refractivity contribution in [2.24, 2.45) is 5.92 Å². The van der Waals surface area contributed by atoms with Crippen LogP contribution >= 0.6 is 0 Å². The molecule has 2 aromatic rings. The Morgan fingerprint density at radius 3 is 2.38 bits per heavy atom. The SMILES string of the molecule is CC(C)[C@H](OC(=O)CN1CCC[C@H]1C(=O)NCc1ccccc1)c1ccccc1. The first-order valence-corrected chi connectivity index (χ1v) is 10.3. The smallest absolute Gasteiger partial charge is 0.320 e. The molecule has 2 atom stereocenters. The summed E-state index contributed by atoms with van der Waals surface area (Å²) in [6.07, 6.45) is 1.39. The molecule has 0 aliphatic carbocycles. The molecule has 1 N–H and O–H groups in total. The molecule has 5 nitrogen and oxygen atoms in total. The highest BCUT2D eigenvalue weighted by atomic mass is 16.5. The van der Waals surface area contributed by atoms with Gasteiger partial charge in [-0.3, -0.25) is 14.5 Å². The minimum Gasteiger partial charge on any atom is -0.456 e. The summed E-state index contributed by atoms with van der Waals surface area (Å²) in [5.41, 5.74) is 2.06. The maximum absolute atomic E-state index is 12.7. The van der Waals surface area contributed by atoms with E-state index >= 15 is 0 Å². The van der Waals surface area contributed by atoms with Gasteiger partial charge in [0.05, 0.1) is 12.6 Å². The molecule has 0 saturated carbocycles. The number of esters is 1. The fourth-order valence-electron chi connectivity index (χ4n) is 3.79. The Balaban J connectivity index is 1.55. The van der Waals surface area contributed by atoms with Gasteiger partial charge in [-0.2, -0.15) is 0 Å². The predicted octanol–water partition coefficient (Wildman–Crippen LogP) is 3.71. The van der Waals surface area contributed by atoms with E-state index in [4.69, 9.17) is 4.74 Å². The van der Waals surface area contributed by atoms with Crippen LogP contribution in [0.1, 0.15) is 43.9 Å². The van der Waals surface area contributed by atoms with E-state index < -0.39 is 0 Å². The van der Waals surface area contributed by atoms with Gasteiger partial charge in [0.15, 0.2) is 0 Å². The van der Waals surface area contributed by atoms with E-state index in [1.807, 2.05) is 79.4 Å². The number of carbonyl (C=O) groups excluding carboxylic acids is 2. The molecule has 1 saturated heterocycles. The fraction of sp³-hybridized carbons (Fsp3) is 0.417. The first-order chi connectivity index (χ1) is 14.0. The average molecular weight is 395 g/mol. The van der Waals surface area contributed by atoms with Crippen LogP contribution in [0.5, 0.6) is 0 Å². The van der Waals surface area contributed by atoms with E-state index in [0.29, 0.717) is 6.54 Å². The lowest BCUT2D eigenvalue weighted by molar-refractivity contribution is -0.153. The molecular weight excluding hydrogens is 364 g/mol. The molecule has 0 spiro atoms. The van der Waals surface area contributed by atoms with E-state index in [9.17, 15) is 9.59 Å². The summed E-state index contributed by atoms with van der Waals surface area (Å²) in [6, 6.07) is 19.4. The van der Waals surface area contributed by atoms with Gasteiger partial charge in [-0.25, -0.2) is 0 Å². The Morgan fingerprint density at radius 1 is 1.07 bits per heavy atom. The minimum absolute atomic E-state index is 0.0253. The van der Waals surface area contributed by atoms with Gasteiger partial charge >= 0.3 is 5.97 Å². The Hall–Kier alpha value is -2.66. The number of amides is 1. The predicted molar refractivity (Wildman–Crippen MR) is 113 cm³/mol. The van der Waals surface area contributed by atoms with Crippen molar-refractivity contribution in [2.45, 2.75) is 45.4 Å². The third-order valence-corrected chi connectivity index (χ3v) is 5.30. The third kappa shape index (κ3) is 5.91. The van der Waals surface area contributed by atoms with Gasteiger partial charge in [0.2, 0.25) is 5.91 Å². The van der Waals surface area contributed by atoms with Crippen LogP contribution in [0.25, 0.3) is 0 Å². The molecule has 1 aliphatic heterocycles. The first kappa shape index (κ1) is 21.1. The van der Waals surface area contributed by atoms with Gasteiger partial charge < -0.3 is 10.1 Å². The number of benzene rings is 2. The summed E-state index contributed by atoms with van der Waals surface area (Å²) in [4.78, 5) is 27.2. The number of carbonyl (C=O) groups is 2. The number of hydrogen-bond acceptors (Lipinski definition) is 4. The number of nitrogens with zero attached hydrogens (tertiary/aromatic N) is 1. The molecule has 0 bridgehead atoms. The molecule has 1 fully saturated rings. The number of nitrogens with one attached hydrogen (secondary N) is 1. The largest absolute Gasteiger partial charge is 0.456 e. The second-order valence-electron chi connectivity index (χ2n) is 7.90. The number of hydrogen-bond donors (Lipinski definition) is 1. The van der Waals surface area contributed by atoms with Crippen molar-refractivity contribution in [3.05, 3.63) is 71.8 Å². The van der Waals surface area contributed by atoms with Crippen LogP contribution in [0, 0.1) is 5.92 Å². The van der Waals surface area contributed by atoms with Crippen LogP contribution in [-0.2, 0) is 20.9 Å². The highest BCUT2D eigenvalue weighted by Gasteiger charge is 2.33. The van der Waals surface area contributed by atoms with Crippen molar-refractivity contribution in [1.82, 2.24) is 10.2 Å². The summed E-state index contributed by atoms with van der Waals surface area (Å²) in [5.74, 6) is -0.136. The Bertz CT molecular complexity index is 792. The average Bonchev–Trinajstić information content (AvgIpc) is 3.19. The summed E-state index contributed by atoms with van der Waals surface area (Å²) in [6.45, 7) is 5.45. The van der Waals surface area contributed by atoms with Crippen LogP contribution in [-0.4, -0.2) is 35.9 Å². The van der Waals surface area contributed by atoms with Crippen molar-refractivity contribution in [3.63, 3.8) is 0 Å². The molecule has 0 unspecified atom stereocenters. The lowest BCUT2D eigenvalue weighted by atomic mass is 9.99. The van der Waals surface area contributed by atoms with E-state index in [0.717, 1.165) is 30.5 Å². The van der Waals surface area contributed by atoms with Crippen LogP contribution < -0.4 is 5.32 Å². The molecule has 29 heavy (non-hydrogen) atoms. The van der Waals surface area contributed by atoms with Gasteiger partial charge in [0.1, 0.15) is 6.10 Å². The van der Waals surface area contributed by atoms with Crippen LogP contribution in [0.15, 0.2) is 60.7 Å². The maximum atomic E-state index is 12.7. The Kier molecular flexibility index (Phi) is 7.42. The summed E-state index contributed by atoms with van der Waals surface area (Å²) >= 11 is 0. The molecule has 2 aromatic carbocycles. The number of rotatable bonds is 8. The molecule has 5 heteroatoms. The molecule has 3 rings (SSSR count). The van der Waals surface area contributed by atoms with Gasteiger partial charge in [0.25, 0.3) is 0 Å². The van der Waals surface area contributed by atoms with Crippen molar-refractivity contribution in [3.8, 4) is 0 Å². The topological polar surface area (TPSA) is 58.6 Å². The monoisotopic (exact) mass is 394 g/mol. The van der Waals surface area contributed by atoms with Crippen LogP contribution in [0.4, 0.5) is 0 Å². The minimum atomic E-state index is -0.282. The number of ether oxygens (including phenoxy) is 1. The van der Waals surface area contributed by atoms with Gasteiger partial charge in [0, 0.05) is 6.54 Å². The van der Waals surface area contributed by atoms with E-state index in [2.05, 4.69) is 5.32 Å². The standard InChI is InChI=1S/C24H30N2O3/c1-18(2)23(20-12-7-4-8-13-20)29-22(27)17-26-15-9-14-21(26)24(28)25-16-19-10-5-3-6-11-19/h3-8,10-13,18,21,23H,9,14-17H2,1-2H3,(H,25,28)/t21-,23-/m0/s1. The van der Waals surface area contributed by atoms with E-state index in [-0.39, 0.29) is 36.5 Å². The second kappa shape index (κ2) is 10.2. The van der Waals surface area contributed by atoms with Gasteiger partial charge in [-0.15, -0.1) is 0 Å². The lowest BCUT2D eigenvalue weighted by Gasteiger charge is -2.26. The second-order valence-corrected chi connectivity index (χ2v) is 7.90. The zero-order valence-corrected chi connectivity index (χ0v) is 17.2. The van der Waals surface area contributed by atoms with Crippen molar-refractivity contribution < 1.29 is 14.3 Å². The molecule has 0 aromatic heterocycles. The fourth-order valence-corrected chi connectivity index (χ4v) is 3.79. The zero-order valence-electron chi connectivity index (χ0n) is 17.2. The summed E-state index contributed by atoms with van der Waals surface area (Å²) in [5, 5.41) is 3.00. The molecule has 1 aliphatic rings. The Morgan fingerprint density at radius 2 is 1.72 bits per heavy atom. The van der Waals surface area contributed by atoms with Crippen molar-refractivity contribution >= 4 is 11.9 Å². The van der Waals surface area contributed by atoms with Gasteiger partial charge in [-0.05, 0) is 36.4 Å². The summed E-state index contributed by atoms with van der Waals surface area (Å²) in [7, 11) is 0. The highest BCUT2D eigenvalue weighted by molar-refractivity contribution is 5.83. The molecular formula is C24H30N2O3. The van der Waals surface area contributed by atoms with E-state index in [1.165, 1.54) is 0 Å². The molecule has 0 radical (unpaired) electrons. The highest BCUT2D eigenvalue weighted by Crippen LogP contribution is 2.26. The van der Waals surface area contributed by atoms with Crippen LogP contribution in [0.2, 0.25) is 0 Å².